The molecule has 2 atom stereocenters. The lowest BCUT2D eigenvalue weighted by molar-refractivity contribution is 0.112. The Kier molecular flexibility index (Phi) is 3.72. The number of fused-ring (bicyclic) bond motifs is 1. The van der Waals surface area contributed by atoms with Crippen LogP contribution in [0, 0.1) is 18.8 Å². The second-order valence-corrected chi connectivity index (χ2v) is 6.56. The van der Waals surface area contributed by atoms with Gasteiger partial charge in [0.25, 0.3) is 5.56 Å². The topological polar surface area (TPSA) is 54.7 Å². The van der Waals surface area contributed by atoms with Crippen LogP contribution in [-0.4, -0.2) is 28.8 Å². The van der Waals surface area contributed by atoms with Gasteiger partial charge in [-0.1, -0.05) is 19.9 Å². The average molecular weight is 299 g/mol. The lowest BCUT2D eigenvalue weighted by Crippen LogP contribution is -2.41. The fourth-order valence-electron chi connectivity index (χ4n) is 3.43. The molecule has 1 aliphatic heterocycles. The summed E-state index contributed by atoms with van der Waals surface area (Å²) in [7, 11) is 0. The minimum atomic E-state index is -0.287. The van der Waals surface area contributed by atoms with Crippen molar-refractivity contribution in [2.75, 3.05) is 18.0 Å². The smallest absolute Gasteiger partial charge is 0.270 e. The van der Waals surface area contributed by atoms with Gasteiger partial charge in [0.05, 0.1) is 0 Å². The van der Waals surface area contributed by atoms with Crippen molar-refractivity contribution in [2.45, 2.75) is 27.2 Å². The molecule has 0 saturated carbocycles. The lowest BCUT2D eigenvalue weighted by atomic mass is 9.92. The van der Waals surface area contributed by atoms with Crippen LogP contribution >= 0.6 is 0 Å². The first-order chi connectivity index (χ1) is 10.5. The number of nitrogens with zero attached hydrogens (tertiary/aromatic N) is 3. The van der Waals surface area contributed by atoms with Gasteiger partial charge in [-0.2, -0.15) is 0 Å². The number of aldehydes is 1. The fourth-order valence-corrected chi connectivity index (χ4v) is 3.43. The van der Waals surface area contributed by atoms with Gasteiger partial charge in [0, 0.05) is 19.3 Å². The van der Waals surface area contributed by atoms with Crippen molar-refractivity contribution >= 4 is 17.8 Å². The quantitative estimate of drug-likeness (QED) is 0.798. The highest BCUT2D eigenvalue weighted by Gasteiger charge is 2.26. The number of piperidine rings is 1. The van der Waals surface area contributed by atoms with Gasteiger partial charge >= 0.3 is 0 Å². The molecule has 3 rings (SSSR count). The predicted molar refractivity (Wildman–Crippen MR) is 86.7 cm³/mol. The maximum Gasteiger partial charge on any atom is 0.270 e. The third-order valence-electron chi connectivity index (χ3n) is 4.27. The first kappa shape index (κ1) is 14.8. The number of carbonyl (C=O) groups excluding carboxylic acids is 1. The molecule has 5 heteroatoms. The fraction of sp³-hybridized carbons (Fsp3) is 0.471. The van der Waals surface area contributed by atoms with Gasteiger partial charge in [0.2, 0.25) is 0 Å². The van der Waals surface area contributed by atoms with Gasteiger partial charge in [-0.25, -0.2) is 4.98 Å². The molecule has 116 valence electrons. The Bertz CT molecular complexity index is 771. The maximum absolute atomic E-state index is 12.6. The lowest BCUT2D eigenvalue weighted by Gasteiger charge is -2.36. The van der Waals surface area contributed by atoms with Gasteiger partial charge in [-0.3, -0.25) is 14.0 Å². The van der Waals surface area contributed by atoms with E-state index in [-0.39, 0.29) is 11.1 Å². The maximum atomic E-state index is 12.6. The molecule has 0 aliphatic carbocycles. The van der Waals surface area contributed by atoms with Crippen molar-refractivity contribution in [1.29, 1.82) is 0 Å². The molecule has 0 aromatic carbocycles. The van der Waals surface area contributed by atoms with Gasteiger partial charge in [0.15, 0.2) is 6.29 Å². The van der Waals surface area contributed by atoms with E-state index in [0.717, 1.165) is 18.7 Å². The van der Waals surface area contributed by atoms with Crippen molar-refractivity contribution in [3.8, 4) is 0 Å². The van der Waals surface area contributed by atoms with Crippen LogP contribution in [0.2, 0.25) is 0 Å². The zero-order chi connectivity index (χ0) is 15.9. The molecule has 5 nitrogen and oxygen atoms in total. The summed E-state index contributed by atoms with van der Waals surface area (Å²) in [5, 5.41) is 0. The molecule has 0 N–H and O–H groups in total. The van der Waals surface area contributed by atoms with Gasteiger partial charge in [-0.15, -0.1) is 0 Å². The molecule has 0 spiro atoms. The minimum Gasteiger partial charge on any atom is -0.355 e. The second-order valence-electron chi connectivity index (χ2n) is 6.56. The van der Waals surface area contributed by atoms with Crippen LogP contribution in [0.25, 0.3) is 5.65 Å². The second kappa shape index (κ2) is 5.55. The van der Waals surface area contributed by atoms with Crippen LogP contribution in [0.1, 0.15) is 36.2 Å². The molecule has 0 amide bonds. The first-order valence-corrected chi connectivity index (χ1v) is 7.72. The number of pyridine rings is 1. The monoisotopic (exact) mass is 299 g/mol. The predicted octanol–water partition coefficient (Wildman–Crippen LogP) is 2.30. The minimum absolute atomic E-state index is 0.157. The van der Waals surface area contributed by atoms with E-state index in [4.69, 9.17) is 0 Å². The van der Waals surface area contributed by atoms with Crippen LogP contribution in [0.3, 0.4) is 0 Å². The van der Waals surface area contributed by atoms with Crippen LogP contribution in [0.5, 0.6) is 0 Å². The molecular formula is C17H21N3O2. The number of hydrogen-bond donors (Lipinski definition) is 0. The first-order valence-electron chi connectivity index (χ1n) is 7.72. The van der Waals surface area contributed by atoms with E-state index in [1.165, 1.54) is 10.8 Å². The van der Waals surface area contributed by atoms with Crippen LogP contribution in [0.15, 0.2) is 23.1 Å². The summed E-state index contributed by atoms with van der Waals surface area (Å²) in [5.74, 6) is 1.59. The van der Waals surface area contributed by atoms with Crippen molar-refractivity contribution < 1.29 is 4.79 Å². The standard InChI is InChI=1S/C17H21N3O2/c1-11-4-5-15-18-16(14(10-21)17(22)20(15)9-11)19-7-12(2)6-13(3)8-19/h4-5,9-10,12-13H,6-8H2,1-3H3/t12-,13-/m1/s1. The highest BCUT2D eigenvalue weighted by molar-refractivity contribution is 5.83. The number of hydrogen-bond acceptors (Lipinski definition) is 4. The largest absolute Gasteiger partial charge is 0.355 e. The highest BCUT2D eigenvalue weighted by Crippen LogP contribution is 2.26. The molecule has 2 aromatic rings. The van der Waals surface area contributed by atoms with E-state index in [9.17, 15) is 9.59 Å². The molecule has 0 unspecified atom stereocenters. The normalized spacial score (nSPS) is 22.0. The van der Waals surface area contributed by atoms with Crippen LogP contribution in [-0.2, 0) is 0 Å². The van der Waals surface area contributed by atoms with E-state index in [1.54, 1.807) is 6.20 Å². The SMILES string of the molecule is Cc1ccc2nc(N3C[C@H](C)C[C@@H](C)C3)c(C=O)c(=O)n2c1. The zero-order valence-electron chi connectivity index (χ0n) is 13.2. The third-order valence-corrected chi connectivity index (χ3v) is 4.27. The van der Waals surface area contributed by atoms with E-state index < -0.39 is 0 Å². The van der Waals surface area contributed by atoms with E-state index in [1.807, 2.05) is 19.1 Å². The Morgan fingerprint density at radius 3 is 2.55 bits per heavy atom. The van der Waals surface area contributed by atoms with Gasteiger partial charge < -0.3 is 4.90 Å². The molecule has 2 aromatic heterocycles. The van der Waals surface area contributed by atoms with Crippen molar-refractivity contribution in [3.05, 3.63) is 39.8 Å². The summed E-state index contributed by atoms with van der Waals surface area (Å²) < 4.78 is 1.46. The van der Waals surface area contributed by atoms with Crippen molar-refractivity contribution in [3.63, 3.8) is 0 Å². The third kappa shape index (κ3) is 2.51. The number of aromatic nitrogens is 2. The summed E-state index contributed by atoms with van der Waals surface area (Å²) in [5.41, 5.74) is 1.41. The molecule has 3 heterocycles. The highest BCUT2D eigenvalue weighted by atomic mass is 16.1. The van der Waals surface area contributed by atoms with E-state index in [0.29, 0.717) is 29.6 Å². The average Bonchev–Trinajstić information content (AvgIpc) is 2.46. The summed E-state index contributed by atoms with van der Waals surface area (Å²) in [6.07, 6.45) is 3.53. The molecule has 0 radical (unpaired) electrons. The molecular weight excluding hydrogens is 278 g/mol. The summed E-state index contributed by atoms with van der Waals surface area (Å²) in [4.78, 5) is 30.8. The number of carbonyl (C=O) groups is 1. The van der Waals surface area contributed by atoms with Crippen LogP contribution in [0.4, 0.5) is 5.82 Å². The Morgan fingerprint density at radius 1 is 1.23 bits per heavy atom. The Balaban J connectivity index is 2.19. The number of aryl methyl sites for hydroxylation is 1. The summed E-state index contributed by atoms with van der Waals surface area (Å²) >= 11 is 0. The van der Waals surface area contributed by atoms with Crippen molar-refractivity contribution in [1.82, 2.24) is 9.38 Å². The van der Waals surface area contributed by atoms with Crippen LogP contribution < -0.4 is 10.5 Å². The molecule has 1 fully saturated rings. The van der Waals surface area contributed by atoms with E-state index >= 15 is 0 Å². The summed E-state index contributed by atoms with van der Waals surface area (Å²) in [6.45, 7) is 7.97. The van der Waals surface area contributed by atoms with Gasteiger partial charge in [-0.05, 0) is 36.8 Å². The molecule has 22 heavy (non-hydrogen) atoms. The molecule has 1 aliphatic rings. The Hall–Kier alpha value is -2.17. The Morgan fingerprint density at radius 2 is 1.91 bits per heavy atom. The number of rotatable bonds is 2. The Labute approximate surface area is 129 Å². The molecule has 1 saturated heterocycles. The number of anilines is 1. The van der Waals surface area contributed by atoms with E-state index in [2.05, 4.69) is 23.7 Å². The van der Waals surface area contributed by atoms with Crippen molar-refractivity contribution in [2.24, 2.45) is 11.8 Å². The summed E-state index contributed by atoms with van der Waals surface area (Å²) in [6, 6.07) is 3.75. The zero-order valence-corrected chi connectivity index (χ0v) is 13.2. The molecule has 0 bridgehead atoms. The van der Waals surface area contributed by atoms with Gasteiger partial charge in [0.1, 0.15) is 17.0 Å².